The first-order valence-corrected chi connectivity index (χ1v) is 10.5. The number of rotatable bonds is 9. The van der Waals surface area contributed by atoms with Crippen molar-refractivity contribution in [1.82, 2.24) is 0 Å². The zero-order valence-electron chi connectivity index (χ0n) is 17.4. The highest BCUT2D eigenvalue weighted by Gasteiger charge is 2.68. The maximum absolute atomic E-state index is 12.8. The Labute approximate surface area is 190 Å². The van der Waals surface area contributed by atoms with Crippen LogP contribution in [0.2, 0.25) is 0 Å². The lowest BCUT2D eigenvalue weighted by Gasteiger charge is -2.29. The van der Waals surface area contributed by atoms with Gasteiger partial charge in [0.15, 0.2) is 0 Å². The Morgan fingerprint density at radius 3 is 2.18 bits per heavy atom. The molecule has 33 heavy (non-hydrogen) atoms. The van der Waals surface area contributed by atoms with Crippen molar-refractivity contribution in [2.24, 2.45) is 0 Å². The lowest BCUT2D eigenvalue weighted by molar-refractivity contribution is -0.347. The summed E-state index contributed by atoms with van der Waals surface area (Å²) in [6.07, 6.45) is -10.2. The highest BCUT2D eigenvalue weighted by Crippen LogP contribution is 2.44. The average molecular weight is 496 g/mol. The van der Waals surface area contributed by atoms with Crippen molar-refractivity contribution < 1.29 is 46.4 Å². The predicted octanol–water partition coefficient (Wildman–Crippen LogP) is 5.52. The van der Waals surface area contributed by atoms with E-state index in [2.05, 4.69) is 0 Å². The molecule has 0 unspecified atom stereocenters. The van der Waals surface area contributed by atoms with Gasteiger partial charge in [0.25, 0.3) is 5.60 Å². The van der Waals surface area contributed by atoms with Crippen LogP contribution < -0.4 is 4.74 Å². The molecule has 0 amide bonds. The van der Waals surface area contributed by atoms with E-state index in [1.54, 1.807) is 36.6 Å². The first-order valence-electron chi connectivity index (χ1n) is 9.64. The number of aliphatic hydroxyl groups is 3. The molecule has 0 bridgehead atoms. The predicted molar refractivity (Wildman–Crippen MR) is 111 cm³/mol. The van der Waals surface area contributed by atoms with Gasteiger partial charge < -0.3 is 20.1 Å². The van der Waals surface area contributed by atoms with Gasteiger partial charge >= 0.3 is 12.4 Å². The summed E-state index contributed by atoms with van der Waals surface area (Å²) in [7, 11) is 0. The van der Waals surface area contributed by atoms with E-state index in [1.165, 1.54) is 11.3 Å². The molecule has 0 radical (unpaired) electrons. The van der Waals surface area contributed by atoms with E-state index in [4.69, 9.17) is 4.74 Å². The molecular formula is C22H22F6O4S. The molecular weight excluding hydrogens is 474 g/mol. The first kappa shape index (κ1) is 26.9. The van der Waals surface area contributed by atoms with Gasteiger partial charge in [-0.2, -0.15) is 26.3 Å². The van der Waals surface area contributed by atoms with Gasteiger partial charge in [-0.1, -0.05) is 25.1 Å². The van der Waals surface area contributed by atoms with Crippen LogP contribution in [0.15, 0.2) is 47.9 Å². The fourth-order valence-corrected chi connectivity index (χ4v) is 3.80. The van der Waals surface area contributed by atoms with Crippen LogP contribution in [0.5, 0.6) is 5.75 Å². The monoisotopic (exact) mass is 496 g/mol. The van der Waals surface area contributed by atoms with Crippen molar-refractivity contribution in [3.05, 3.63) is 69.4 Å². The third-order valence-corrected chi connectivity index (χ3v) is 5.83. The number of allylic oxidation sites excluding steroid dienone is 3. The maximum atomic E-state index is 12.8. The molecule has 0 aliphatic rings. The average Bonchev–Trinajstić information content (AvgIpc) is 3.22. The lowest BCUT2D eigenvalue weighted by Crippen LogP contribution is -2.55. The SMILES string of the molecule is CCC(=CC=CC(O)(C(F)(F)F)C(F)(F)F)c1cc(COc2ccc(CO)c(CO)c2)cs1. The Morgan fingerprint density at radius 1 is 1.00 bits per heavy atom. The molecule has 0 aliphatic heterocycles. The first-order chi connectivity index (χ1) is 15.4. The van der Waals surface area contributed by atoms with Gasteiger partial charge in [0.2, 0.25) is 0 Å². The van der Waals surface area contributed by atoms with Crippen LogP contribution in [0.25, 0.3) is 5.57 Å². The van der Waals surface area contributed by atoms with Crippen molar-refractivity contribution in [3.63, 3.8) is 0 Å². The summed E-state index contributed by atoms with van der Waals surface area (Å²) in [6, 6.07) is 6.53. The summed E-state index contributed by atoms with van der Waals surface area (Å²) in [6.45, 7) is 1.32. The maximum Gasteiger partial charge on any atom is 0.430 e. The lowest BCUT2D eigenvalue weighted by atomic mass is 10.0. The zero-order chi connectivity index (χ0) is 24.9. The molecule has 2 rings (SSSR count). The second kappa shape index (κ2) is 10.7. The summed E-state index contributed by atoms with van der Waals surface area (Å²) in [5.74, 6) is 0.455. The van der Waals surface area contributed by atoms with Gasteiger partial charge in [0.1, 0.15) is 12.4 Å². The summed E-state index contributed by atoms with van der Waals surface area (Å²) < 4.78 is 82.3. The second-order valence-electron chi connectivity index (χ2n) is 7.02. The molecule has 0 spiro atoms. The molecule has 182 valence electrons. The third-order valence-electron chi connectivity index (χ3n) is 4.77. The van der Waals surface area contributed by atoms with E-state index in [-0.39, 0.29) is 25.9 Å². The second-order valence-corrected chi connectivity index (χ2v) is 7.93. The van der Waals surface area contributed by atoms with E-state index < -0.39 is 18.0 Å². The standard InChI is InChI=1S/C22H22F6O4S/c1-2-15(4-3-7-20(31,21(23,24)25)22(26,27)28)19-8-14(13-33-19)12-32-18-6-5-16(10-29)17(9-18)11-30/h3-9,13,29-31H,2,10-12H2,1H3. The van der Waals surface area contributed by atoms with E-state index in [1.807, 2.05) is 0 Å². The van der Waals surface area contributed by atoms with Crippen molar-refractivity contribution in [3.8, 4) is 5.75 Å². The zero-order valence-corrected chi connectivity index (χ0v) is 18.2. The highest BCUT2D eigenvalue weighted by atomic mass is 32.1. The summed E-state index contributed by atoms with van der Waals surface area (Å²) >= 11 is 1.24. The van der Waals surface area contributed by atoms with Crippen LogP contribution in [0.4, 0.5) is 26.3 Å². The van der Waals surface area contributed by atoms with Crippen LogP contribution in [-0.4, -0.2) is 33.3 Å². The van der Waals surface area contributed by atoms with Crippen LogP contribution >= 0.6 is 11.3 Å². The van der Waals surface area contributed by atoms with Gasteiger partial charge in [-0.05, 0) is 52.8 Å². The largest absolute Gasteiger partial charge is 0.489 e. The minimum Gasteiger partial charge on any atom is -0.489 e. The Morgan fingerprint density at radius 2 is 1.64 bits per heavy atom. The molecule has 1 heterocycles. The number of hydrogen-bond acceptors (Lipinski definition) is 5. The summed E-state index contributed by atoms with van der Waals surface area (Å²) in [5.41, 5.74) is -2.66. The van der Waals surface area contributed by atoms with Crippen molar-refractivity contribution >= 4 is 16.9 Å². The van der Waals surface area contributed by atoms with E-state index in [0.717, 1.165) is 11.6 Å². The summed E-state index contributed by atoms with van der Waals surface area (Å²) in [4.78, 5) is 0.620. The number of halogens is 6. The summed E-state index contributed by atoms with van der Waals surface area (Å²) in [5, 5.41) is 29.5. The molecule has 2 aromatic rings. The van der Waals surface area contributed by atoms with Crippen molar-refractivity contribution in [1.29, 1.82) is 0 Å². The van der Waals surface area contributed by atoms with Gasteiger partial charge in [0.05, 0.1) is 13.2 Å². The van der Waals surface area contributed by atoms with Gasteiger partial charge in [-0.3, -0.25) is 0 Å². The molecule has 0 fully saturated rings. The molecule has 1 aromatic carbocycles. The molecule has 1 aromatic heterocycles. The highest BCUT2D eigenvalue weighted by molar-refractivity contribution is 7.11. The van der Waals surface area contributed by atoms with E-state index in [0.29, 0.717) is 39.8 Å². The fourth-order valence-electron chi connectivity index (χ4n) is 2.81. The quantitative estimate of drug-likeness (QED) is 0.316. The molecule has 11 heteroatoms. The molecule has 3 N–H and O–H groups in total. The van der Waals surface area contributed by atoms with E-state index in [9.17, 15) is 41.7 Å². The molecule has 0 atom stereocenters. The van der Waals surface area contributed by atoms with Gasteiger partial charge in [-0.25, -0.2) is 0 Å². The number of benzene rings is 1. The minimum absolute atomic E-state index is 0.134. The topological polar surface area (TPSA) is 69.9 Å². The van der Waals surface area contributed by atoms with Crippen LogP contribution in [0.1, 0.15) is 34.9 Å². The Balaban J connectivity index is 2.15. The Kier molecular flexibility index (Phi) is 8.75. The molecule has 0 aliphatic carbocycles. The van der Waals surface area contributed by atoms with Crippen molar-refractivity contribution in [2.45, 2.75) is 51.1 Å². The normalized spacial score (nSPS) is 13.7. The third kappa shape index (κ3) is 6.38. The van der Waals surface area contributed by atoms with Gasteiger partial charge in [0, 0.05) is 10.4 Å². The Bertz CT molecular complexity index is 978. The number of ether oxygens (including phenoxy) is 1. The smallest absolute Gasteiger partial charge is 0.430 e. The van der Waals surface area contributed by atoms with E-state index >= 15 is 0 Å². The molecule has 0 saturated carbocycles. The number of alkyl halides is 6. The van der Waals surface area contributed by atoms with Gasteiger partial charge in [-0.15, -0.1) is 11.3 Å². The van der Waals surface area contributed by atoms with Crippen LogP contribution in [-0.2, 0) is 19.8 Å². The Hall–Kier alpha value is -2.34. The minimum atomic E-state index is -5.92. The number of thiophene rings is 1. The molecule has 0 saturated heterocycles. The fraction of sp³-hybridized carbons (Fsp3) is 0.364. The number of aliphatic hydroxyl groups excluding tert-OH is 2. The van der Waals surface area contributed by atoms with Crippen LogP contribution in [0, 0.1) is 0 Å². The van der Waals surface area contributed by atoms with Crippen molar-refractivity contribution in [2.75, 3.05) is 0 Å². The van der Waals surface area contributed by atoms with Crippen LogP contribution in [0.3, 0.4) is 0 Å². The molecule has 4 nitrogen and oxygen atoms in total. The number of hydrogen-bond donors (Lipinski definition) is 3.